The van der Waals surface area contributed by atoms with Crippen LogP contribution < -0.4 is 0 Å². The summed E-state index contributed by atoms with van der Waals surface area (Å²) in [7, 11) is 0. The van der Waals surface area contributed by atoms with Crippen molar-refractivity contribution in [2.75, 3.05) is 18.6 Å². The lowest BCUT2D eigenvalue weighted by Crippen LogP contribution is -2.33. The molecule has 1 aromatic carbocycles. The number of carbonyl (C=O) groups is 1. The molecule has 6 heteroatoms. The number of halogens is 1. The van der Waals surface area contributed by atoms with Crippen molar-refractivity contribution in [1.82, 2.24) is 0 Å². The topological polar surface area (TPSA) is 62.4 Å². The SMILES string of the molecule is CCOC(=O)C1=CN=C(C(C)CSC)C(C#N)C1c1ccccc1Cl. The normalized spacial score (nSPS) is 20.9. The van der Waals surface area contributed by atoms with Gasteiger partial charge in [0.15, 0.2) is 0 Å². The van der Waals surface area contributed by atoms with Gasteiger partial charge in [-0.05, 0) is 24.8 Å². The van der Waals surface area contributed by atoms with Gasteiger partial charge in [-0.2, -0.15) is 17.0 Å². The molecule has 1 heterocycles. The van der Waals surface area contributed by atoms with Gasteiger partial charge in [0.2, 0.25) is 0 Å². The molecule has 4 nitrogen and oxygen atoms in total. The Morgan fingerprint density at radius 2 is 2.20 bits per heavy atom. The molecule has 0 aromatic heterocycles. The zero-order chi connectivity index (χ0) is 18.4. The van der Waals surface area contributed by atoms with Crippen molar-refractivity contribution in [1.29, 1.82) is 5.26 Å². The molecule has 0 amide bonds. The Hall–Kier alpha value is -1.77. The maximum absolute atomic E-state index is 12.4. The van der Waals surface area contributed by atoms with Gasteiger partial charge in [0.05, 0.1) is 24.2 Å². The van der Waals surface area contributed by atoms with Crippen LogP contribution in [0.4, 0.5) is 0 Å². The van der Waals surface area contributed by atoms with Crippen molar-refractivity contribution in [2.24, 2.45) is 16.8 Å². The highest BCUT2D eigenvalue weighted by atomic mass is 35.5. The van der Waals surface area contributed by atoms with Crippen LogP contribution in [0.25, 0.3) is 0 Å². The number of thioether (sulfide) groups is 1. The van der Waals surface area contributed by atoms with Crippen LogP contribution in [-0.2, 0) is 9.53 Å². The first-order valence-corrected chi connectivity index (χ1v) is 9.90. The predicted octanol–water partition coefficient (Wildman–Crippen LogP) is 4.46. The summed E-state index contributed by atoms with van der Waals surface area (Å²) in [6.45, 7) is 4.07. The summed E-state index contributed by atoms with van der Waals surface area (Å²) in [4.78, 5) is 16.9. The Morgan fingerprint density at radius 1 is 1.48 bits per heavy atom. The lowest BCUT2D eigenvalue weighted by molar-refractivity contribution is -0.138. The van der Waals surface area contributed by atoms with Crippen molar-refractivity contribution < 1.29 is 9.53 Å². The predicted molar refractivity (Wildman–Crippen MR) is 103 cm³/mol. The number of hydrogen-bond donors (Lipinski definition) is 0. The quantitative estimate of drug-likeness (QED) is 0.687. The standard InChI is InChI=1S/C19H21ClN2O2S/c1-4-24-19(23)15-10-22-18(12(2)11-25-3)14(9-21)17(15)13-7-5-6-8-16(13)20/h5-8,10,12,14,17H,4,11H2,1-3H3. The van der Waals surface area contributed by atoms with Crippen LogP contribution in [-0.4, -0.2) is 30.3 Å². The third-order valence-electron chi connectivity index (χ3n) is 4.15. The van der Waals surface area contributed by atoms with E-state index in [9.17, 15) is 10.1 Å². The number of hydrogen-bond acceptors (Lipinski definition) is 5. The van der Waals surface area contributed by atoms with Crippen molar-refractivity contribution in [3.63, 3.8) is 0 Å². The molecule has 0 N–H and O–H groups in total. The highest BCUT2D eigenvalue weighted by Crippen LogP contribution is 2.41. The smallest absolute Gasteiger partial charge is 0.336 e. The zero-order valence-corrected chi connectivity index (χ0v) is 16.1. The lowest BCUT2D eigenvalue weighted by atomic mass is 9.75. The average molecular weight is 377 g/mol. The Bertz CT molecular complexity index is 739. The second-order valence-electron chi connectivity index (χ2n) is 5.82. The molecule has 132 valence electrons. The number of nitriles is 1. The van der Waals surface area contributed by atoms with Gasteiger partial charge in [0.25, 0.3) is 0 Å². The van der Waals surface area contributed by atoms with Crippen LogP contribution in [0.2, 0.25) is 5.02 Å². The molecule has 0 spiro atoms. The molecule has 0 saturated heterocycles. The number of rotatable bonds is 6. The summed E-state index contributed by atoms with van der Waals surface area (Å²) in [5.74, 6) is -0.492. The number of ether oxygens (including phenoxy) is 1. The van der Waals surface area contributed by atoms with E-state index >= 15 is 0 Å². The fourth-order valence-electron chi connectivity index (χ4n) is 3.03. The van der Waals surface area contributed by atoms with E-state index in [1.54, 1.807) is 31.0 Å². The Balaban J connectivity index is 2.56. The first-order chi connectivity index (χ1) is 12.0. The van der Waals surface area contributed by atoms with Crippen molar-refractivity contribution >= 4 is 35.0 Å². The van der Waals surface area contributed by atoms with E-state index in [-0.39, 0.29) is 12.5 Å². The highest BCUT2D eigenvalue weighted by Gasteiger charge is 2.39. The molecule has 25 heavy (non-hydrogen) atoms. The fraction of sp³-hybridized carbons (Fsp3) is 0.421. The largest absolute Gasteiger partial charge is 0.463 e. The Labute approximate surface area is 157 Å². The Kier molecular flexibility index (Phi) is 7.10. The first kappa shape index (κ1) is 19.6. The lowest BCUT2D eigenvalue weighted by Gasteiger charge is -2.30. The first-order valence-electron chi connectivity index (χ1n) is 8.12. The zero-order valence-electron chi connectivity index (χ0n) is 14.5. The third-order valence-corrected chi connectivity index (χ3v) is 5.33. The molecule has 0 bridgehead atoms. The van der Waals surface area contributed by atoms with Crippen LogP contribution in [0.1, 0.15) is 25.3 Å². The van der Waals surface area contributed by atoms with E-state index in [1.165, 1.54) is 0 Å². The van der Waals surface area contributed by atoms with Gasteiger partial charge in [-0.3, -0.25) is 4.99 Å². The molecule has 1 aliphatic rings. The van der Waals surface area contributed by atoms with Gasteiger partial charge in [0.1, 0.15) is 0 Å². The minimum absolute atomic E-state index is 0.129. The van der Waals surface area contributed by atoms with Crippen LogP contribution in [0, 0.1) is 23.2 Å². The molecule has 0 saturated carbocycles. The van der Waals surface area contributed by atoms with Crippen LogP contribution >= 0.6 is 23.4 Å². The van der Waals surface area contributed by atoms with E-state index in [4.69, 9.17) is 16.3 Å². The van der Waals surface area contributed by atoms with E-state index in [0.717, 1.165) is 17.0 Å². The monoisotopic (exact) mass is 376 g/mol. The maximum Gasteiger partial charge on any atom is 0.336 e. The fourth-order valence-corrected chi connectivity index (χ4v) is 3.96. The molecule has 0 radical (unpaired) electrons. The summed E-state index contributed by atoms with van der Waals surface area (Å²) in [5, 5.41) is 10.4. The Morgan fingerprint density at radius 3 is 2.80 bits per heavy atom. The second-order valence-corrected chi connectivity index (χ2v) is 7.14. The van der Waals surface area contributed by atoms with Gasteiger partial charge >= 0.3 is 5.97 Å². The van der Waals surface area contributed by atoms with E-state index in [0.29, 0.717) is 10.6 Å². The average Bonchev–Trinajstić information content (AvgIpc) is 2.61. The van der Waals surface area contributed by atoms with Gasteiger partial charge in [0, 0.05) is 34.5 Å². The molecule has 0 aliphatic carbocycles. The molecular formula is C19H21ClN2O2S. The van der Waals surface area contributed by atoms with Gasteiger partial charge < -0.3 is 4.74 Å². The molecule has 1 aliphatic heterocycles. The van der Waals surface area contributed by atoms with Crippen molar-refractivity contribution in [3.8, 4) is 6.07 Å². The second kappa shape index (κ2) is 9.07. The minimum Gasteiger partial charge on any atom is -0.463 e. The van der Waals surface area contributed by atoms with Crippen LogP contribution in [0.5, 0.6) is 0 Å². The van der Waals surface area contributed by atoms with Gasteiger partial charge in [-0.25, -0.2) is 4.79 Å². The van der Waals surface area contributed by atoms with Crippen molar-refractivity contribution in [3.05, 3.63) is 46.6 Å². The highest BCUT2D eigenvalue weighted by molar-refractivity contribution is 7.98. The number of aliphatic imine (C=N–C) groups is 1. The molecule has 3 atom stereocenters. The summed E-state index contributed by atoms with van der Waals surface area (Å²) in [5.41, 5.74) is 1.91. The molecule has 2 rings (SSSR count). The molecule has 0 fully saturated rings. The number of benzene rings is 1. The number of esters is 1. The maximum atomic E-state index is 12.4. The molecule has 3 unspecified atom stereocenters. The van der Waals surface area contributed by atoms with Crippen LogP contribution in [0.15, 0.2) is 41.0 Å². The number of nitrogens with zero attached hydrogens (tertiary/aromatic N) is 2. The summed E-state index contributed by atoms with van der Waals surface area (Å²) < 4.78 is 5.18. The minimum atomic E-state index is -0.550. The van der Waals surface area contributed by atoms with Crippen LogP contribution in [0.3, 0.4) is 0 Å². The van der Waals surface area contributed by atoms with Gasteiger partial charge in [-0.1, -0.05) is 36.7 Å². The summed E-state index contributed by atoms with van der Waals surface area (Å²) in [6.07, 6.45) is 3.57. The summed E-state index contributed by atoms with van der Waals surface area (Å²) >= 11 is 8.09. The number of carbonyl (C=O) groups excluding carboxylic acids is 1. The van der Waals surface area contributed by atoms with E-state index < -0.39 is 17.8 Å². The van der Waals surface area contributed by atoms with Gasteiger partial charge in [-0.15, -0.1) is 0 Å². The third kappa shape index (κ3) is 4.26. The van der Waals surface area contributed by atoms with Crippen molar-refractivity contribution in [2.45, 2.75) is 19.8 Å². The molecule has 1 aromatic rings. The van der Waals surface area contributed by atoms with E-state index in [2.05, 4.69) is 11.1 Å². The summed E-state index contributed by atoms with van der Waals surface area (Å²) in [6, 6.07) is 9.66. The molecular weight excluding hydrogens is 356 g/mol. The van der Waals surface area contributed by atoms with E-state index in [1.807, 2.05) is 31.4 Å².